The van der Waals surface area contributed by atoms with Gasteiger partial charge in [0.15, 0.2) is 0 Å². The number of aromatic nitrogens is 1. The average Bonchev–Trinajstić information content (AvgIpc) is 2.37. The van der Waals surface area contributed by atoms with Crippen molar-refractivity contribution in [3.8, 4) is 0 Å². The third kappa shape index (κ3) is 2.22. The predicted molar refractivity (Wildman–Crippen MR) is 79.1 cm³/mol. The first-order valence-electron chi connectivity index (χ1n) is 6.26. The summed E-state index contributed by atoms with van der Waals surface area (Å²) >= 11 is 3.48. The molecule has 0 aliphatic carbocycles. The van der Waals surface area contributed by atoms with Crippen LogP contribution in [0.25, 0.3) is 10.9 Å². The van der Waals surface area contributed by atoms with Crippen LogP contribution in [0.2, 0.25) is 0 Å². The van der Waals surface area contributed by atoms with E-state index in [1.54, 1.807) is 0 Å². The highest BCUT2D eigenvalue weighted by atomic mass is 79.9. The summed E-state index contributed by atoms with van der Waals surface area (Å²) < 4.78 is 1.03. The Labute approximate surface area is 115 Å². The number of rotatable bonds is 1. The Kier molecular flexibility index (Phi) is 3.22. The van der Waals surface area contributed by atoms with Crippen LogP contribution in [0.4, 0.5) is 5.69 Å². The highest BCUT2D eigenvalue weighted by molar-refractivity contribution is 9.10. The maximum atomic E-state index is 4.57. The van der Waals surface area contributed by atoms with Gasteiger partial charge in [0, 0.05) is 41.7 Å². The van der Waals surface area contributed by atoms with Crippen molar-refractivity contribution in [3.05, 3.63) is 34.9 Å². The van der Waals surface area contributed by atoms with Gasteiger partial charge in [-0.25, -0.2) is 0 Å². The molecule has 4 heteroatoms. The fourth-order valence-corrected chi connectivity index (χ4v) is 2.87. The van der Waals surface area contributed by atoms with Gasteiger partial charge in [0.25, 0.3) is 0 Å². The van der Waals surface area contributed by atoms with Crippen molar-refractivity contribution >= 4 is 32.5 Å². The molecule has 1 saturated heterocycles. The Morgan fingerprint density at radius 2 is 2.33 bits per heavy atom. The Hall–Kier alpha value is -1.13. The van der Waals surface area contributed by atoms with E-state index in [1.807, 2.05) is 6.20 Å². The SMILES string of the molecule is CC1CN(c2cccc3cc(Br)cnc23)CCN1. The molecule has 0 bridgehead atoms. The van der Waals surface area contributed by atoms with E-state index in [1.165, 1.54) is 11.1 Å². The molecule has 1 aromatic heterocycles. The number of fused-ring (bicyclic) bond motifs is 1. The number of nitrogens with zero attached hydrogens (tertiary/aromatic N) is 2. The topological polar surface area (TPSA) is 28.2 Å². The third-order valence-electron chi connectivity index (χ3n) is 3.37. The molecule has 0 radical (unpaired) electrons. The number of hydrogen-bond acceptors (Lipinski definition) is 3. The summed E-state index contributed by atoms with van der Waals surface area (Å²) in [6.07, 6.45) is 1.87. The Morgan fingerprint density at radius 1 is 1.44 bits per heavy atom. The van der Waals surface area contributed by atoms with Crippen LogP contribution in [0, 0.1) is 0 Å². The van der Waals surface area contributed by atoms with Crippen LogP contribution >= 0.6 is 15.9 Å². The van der Waals surface area contributed by atoms with Gasteiger partial charge in [0.1, 0.15) is 0 Å². The zero-order chi connectivity index (χ0) is 12.5. The van der Waals surface area contributed by atoms with E-state index in [0.29, 0.717) is 6.04 Å². The molecule has 0 spiro atoms. The van der Waals surface area contributed by atoms with Crippen molar-refractivity contribution in [2.24, 2.45) is 0 Å². The lowest BCUT2D eigenvalue weighted by atomic mass is 10.1. The summed E-state index contributed by atoms with van der Waals surface area (Å²) in [5.41, 5.74) is 2.34. The molecule has 0 saturated carbocycles. The number of hydrogen-bond donors (Lipinski definition) is 1. The van der Waals surface area contributed by atoms with E-state index in [2.05, 4.69) is 62.3 Å². The molecule has 0 amide bonds. The lowest BCUT2D eigenvalue weighted by molar-refractivity contribution is 0.485. The molecule has 3 rings (SSSR count). The van der Waals surface area contributed by atoms with Gasteiger partial charge in [-0.05, 0) is 35.0 Å². The normalized spacial score (nSPS) is 20.3. The fraction of sp³-hybridized carbons (Fsp3) is 0.357. The molecule has 3 nitrogen and oxygen atoms in total. The molecule has 2 aromatic rings. The van der Waals surface area contributed by atoms with Crippen LogP contribution in [0.1, 0.15) is 6.92 Å². The highest BCUT2D eigenvalue weighted by Crippen LogP contribution is 2.27. The van der Waals surface area contributed by atoms with Gasteiger partial charge in [-0.15, -0.1) is 0 Å². The monoisotopic (exact) mass is 305 g/mol. The van der Waals surface area contributed by atoms with Gasteiger partial charge in [0.2, 0.25) is 0 Å². The van der Waals surface area contributed by atoms with Gasteiger partial charge < -0.3 is 10.2 Å². The maximum absolute atomic E-state index is 4.57. The molecule has 18 heavy (non-hydrogen) atoms. The zero-order valence-electron chi connectivity index (χ0n) is 10.4. The second-order valence-corrected chi connectivity index (χ2v) is 5.72. The van der Waals surface area contributed by atoms with Gasteiger partial charge in [-0.2, -0.15) is 0 Å². The number of halogens is 1. The number of anilines is 1. The molecular weight excluding hydrogens is 290 g/mol. The predicted octanol–water partition coefficient (Wildman–Crippen LogP) is 2.80. The standard InChI is InChI=1S/C14H16BrN3/c1-10-9-18(6-5-16-10)13-4-2-3-11-7-12(15)8-17-14(11)13/h2-4,7-8,10,16H,5-6,9H2,1H3. The molecule has 94 valence electrons. The molecule has 1 N–H and O–H groups in total. The molecule has 1 aliphatic rings. The lowest BCUT2D eigenvalue weighted by Crippen LogP contribution is -2.49. The third-order valence-corrected chi connectivity index (χ3v) is 3.80. The molecule has 2 heterocycles. The molecule has 1 aromatic carbocycles. The first-order chi connectivity index (χ1) is 8.74. The Balaban J connectivity index is 2.05. The maximum Gasteiger partial charge on any atom is 0.0936 e. The quantitative estimate of drug-likeness (QED) is 0.878. The number of piperazine rings is 1. The van der Waals surface area contributed by atoms with E-state index < -0.39 is 0 Å². The van der Waals surface area contributed by atoms with Crippen molar-refractivity contribution in [2.45, 2.75) is 13.0 Å². The van der Waals surface area contributed by atoms with Crippen LogP contribution in [0.3, 0.4) is 0 Å². The molecular formula is C14H16BrN3. The van der Waals surface area contributed by atoms with E-state index in [9.17, 15) is 0 Å². The van der Waals surface area contributed by atoms with Gasteiger partial charge in [-0.3, -0.25) is 4.98 Å². The Morgan fingerprint density at radius 3 is 3.17 bits per heavy atom. The number of benzene rings is 1. The zero-order valence-corrected chi connectivity index (χ0v) is 11.9. The van der Waals surface area contributed by atoms with E-state index in [4.69, 9.17) is 0 Å². The highest BCUT2D eigenvalue weighted by Gasteiger charge is 2.17. The van der Waals surface area contributed by atoms with Crippen molar-refractivity contribution < 1.29 is 0 Å². The van der Waals surface area contributed by atoms with Gasteiger partial charge in [-0.1, -0.05) is 12.1 Å². The summed E-state index contributed by atoms with van der Waals surface area (Å²) in [6, 6.07) is 9.05. The first kappa shape index (κ1) is 11.9. The van der Waals surface area contributed by atoms with Crippen molar-refractivity contribution in [3.63, 3.8) is 0 Å². The molecule has 1 atom stereocenters. The van der Waals surface area contributed by atoms with E-state index >= 15 is 0 Å². The van der Waals surface area contributed by atoms with Crippen LogP contribution in [0.5, 0.6) is 0 Å². The van der Waals surface area contributed by atoms with Crippen LogP contribution in [-0.2, 0) is 0 Å². The minimum atomic E-state index is 0.532. The molecule has 1 aliphatic heterocycles. The van der Waals surface area contributed by atoms with Gasteiger partial charge >= 0.3 is 0 Å². The van der Waals surface area contributed by atoms with Crippen molar-refractivity contribution in [2.75, 3.05) is 24.5 Å². The number of nitrogens with one attached hydrogen (secondary N) is 1. The smallest absolute Gasteiger partial charge is 0.0936 e. The van der Waals surface area contributed by atoms with Crippen molar-refractivity contribution in [1.29, 1.82) is 0 Å². The summed E-state index contributed by atoms with van der Waals surface area (Å²) in [6.45, 7) is 5.34. The first-order valence-corrected chi connectivity index (χ1v) is 7.06. The second-order valence-electron chi connectivity index (χ2n) is 4.80. The van der Waals surface area contributed by atoms with Crippen LogP contribution < -0.4 is 10.2 Å². The minimum absolute atomic E-state index is 0.532. The van der Waals surface area contributed by atoms with Crippen molar-refractivity contribution in [1.82, 2.24) is 10.3 Å². The molecule has 1 unspecified atom stereocenters. The summed E-state index contributed by atoms with van der Waals surface area (Å²) in [4.78, 5) is 6.99. The summed E-state index contributed by atoms with van der Waals surface area (Å²) in [5, 5.41) is 4.66. The summed E-state index contributed by atoms with van der Waals surface area (Å²) in [7, 11) is 0. The largest absolute Gasteiger partial charge is 0.367 e. The lowest BCUT2D eigenvalue weighted by Gasteiger charge is -2.34. The van der Waals surface area contributed by atoms with E-state index in [-0.39, 0.29) is 0 Å². The minimum Gasteiger partial charge on any atom is -0.367 e. The molecule has 1 fully saturated rings. The second kappa shape index (κ2) is 4.86. The van der Waals surface area contributed by atoms with E-state index in [0.717, 1.165) is 29.6 Å². The summed E-state index contributed by atoms with van der Waals surface area (Å²) in [5.74, 6) is 0. The fourth-order valence-electron chi connectivity index (χ4n) is 2.52. The number of para-hydroxylation sites is 1. The van der Waals surface area contributed by atoms with Gasteiger partial charge in [0.05, 0.1) is 11.2 Å². The van der Waals surface area contributed by atoms with Crippen LogP contribution in [0.15, 0.2) is 34.9 Å². The average molecular weight is 306 g/mol. The number of pyridine rings is 1. The van der Waals surface area contributed by atoms with Crippen LogP contribution in [-0.4, -0.2) is 30.7 Å². The Bertz CT molecular complexity index is 570.